The highest BCUT2D eigenvalue weighted by molar-refractivity contribution is 4.63. The van der Waals surface area contributed by atoms with Crippen LogP contribution in [0.1, 0.15) is 79.6 Å². The minimum Gasteiger partial charge on any atom is -0.0651 e. The fourth-order valence-corrected chi connectivity index (χ4v) is 1.60. The molecule has 0 atom stereocenters. The van der Waals surface area contributed by atoms with Gasteiger partial charge in [-0.25, -0.2) is 0 Å². The quantitative estimate of drug-likeness (QED) is 0.528. The first kappa shape index (κ1) is 14.0. The zero-order chi connectivity index (χ0) is 11.0. The van der Waals surface area contributed by atoms with Crippen molar-refractivity contribution in [2.45, 2.75) is 79.6 Å². The molecule has 0 nitrogen and oxygen atoms in total. The second-order valence-electron chi connectivity index (χ2n) is 5.83. The van der Waals surface area contributed by atoms with Crippen molar-refractivity contribution in [1.82, 2.24) is 0 Å². The van der Waals surface area contributed by atoms with E-state index in [4.69, 9.17) is 0 Å². The maximum atomic E-state index is 2.32. The van der Waals surface area contributed by atoms with Gasteiger partial charge in [-0.1, -0.05) is 79.6 Å². The molecule has 0 heteroatoms. The van der Waals surface area contributed by atoms with Gasteiger partial charge in [0.15, 0.2) is 0 Å². The van der Waals surface area contributed by atoms with Gasteiger partial charge < -0.3 is 0 Å². The van der Waals surface area contributed by atoms with E-state index in [-0.39, 0.29) is 0 Å². The highest BCUT2D eigenvalue weighted by Crippen LogP contribution is 2.25. The van der Waals surface area contributed by atoms with E-state index in [0.717, 1.165) is 5.92 Å². The van der Waals surface area contributed by atoms with Gasteiger partial charge in [-0.2, -0.15) is 0 Å². The molecule has 0 aromatic carbocycles. The second kappa shape index (κ2) is 7.31. The average Bonchev–Trinajstić information content (AvgIpc) is 2.19. The highest BCUT2D eigenvalue weighted by Gasteiger charge is 2.09. The van der Waals surface area contributed by atoms with Gasteiger partial charge in [-0.15, -0.1) is 0 Å². The Hall–Kier alpha value is 0. The first-order valence-corrected chi connectivity index (χ1v) is 6.49. The van der Waals surface area contributed by atoms with E-state index in [0.29, 0.717) is 5.41 Å². The summed E-state index contributed by atoms with van der Waals surface area (Å²) in [5.41, 5.74) is 0.542. The average molecular weight is 198 g/mol. The summed E-state index contributed by atoms with van der Waals surface area (Å²) in [4.78, 5) is 0. The van der Waals surface area contributed by atoms with Crippen LogP contribution in [0.4, 0.5) is 0 Å². The molecule has 1 aliphatic rings. The Balaban J connectivity index is 0.000000255. The molecule has 1 fully saturated rings. The van der Waals surface area contributed by atoms with Crippen LogP contribution in [-0.4, -0.2) is 0 Å². The molecule has 1 rings (SSSR count). The maximum Gasteiger partial charge on any atom is -0.0385 e. The lowest BCUT2D eigenvalue weighted by Gasteiger charge is -2.18. The van der Waals surface area contributed by atoms with Crippen molar-refractivity contribution in [3.63, 3.8) is 0 Å². The summed E-state index contributed by atoms with van der Waals surface area (Å²) in [5.74, 6) is 1.09. The summed E-state index contributed by atoms with van der Waals surface area (Å²) >= 11 is 0. The Kier molecular flexibility index (Phi) is 7.31. The summed E-state index contributed by atoms with van der Waals surface area (Å²) in [5, 5.41) is 0. The monoisotopic (exact) mass is 198 g/mol. The Morgan fingerprint density at radius 1 is 0.929 bits per heavy atom. The molecule has 1 saturated carbocycles. The topological polar surface area (TPSA) is 0 Å². The Labute approximate surface area is 91.5 Å². The number of hydrogen-bond donors (Lipinski definition) is 0. The Morgan fingerprint density at radius 3 is 1.57 bits per heavy atom. The van der Waals surface area contributed by atoms with Gasteiger partial charge in [-0.05, 0) is 11.3 Å². The van der Waals surface area contributed by atoms with Gasteiger partial charge in [0.2, 0.25) is 0 Å². The third-order valence-corrected chi connectivity index (χ3v) is 3.36. The summed E-state index contributed by atoms with van der Waals surface area (Å²) < 4.78 is 0. The molecule has 0 heterocycles. The first-order chi connectivity index (χ1) is 6.49. The van der Waals surface area contributed by atoms with Crippen LogP contribution >= 0.6 is 0 Å². The molecule has 0 N–H and O–H groups in total. The fourth-order valence-electron chi connectivity index (χ4n) is 1.60. The molecule has 0 unspecified atom stereocenters. The van der Waals surface area contributed by atoms with E-state index in [1.807, 2.05) is 0 Å². The third-order valence-electron chi connectivity index (χ3n) is 3.36. The molecule has 86 valence electrons. The zero-order valence-electron chi connectivity index (χ0n) is 11.0. The van der Waals surface area contributed by atoms with Gasteiger partial charge in [0, 0.05) is 0 Å². The van der Waals surface area contributed by atoms with Crippen LogP contribution in [0.5, 0.6) is 0 Å². The van der Waals surface area contributed by atoms with E-state index < -0.39 is 0 Å². The Bertz CT molecular complexity index is 112. The predicted octanol–water partition coefficient (Wildman–Crippen LogP) is 5.42. The van der Waals surface area contributed by atoms with E-state index in [1.165, 1.54) is 44.9 Å². The predicted molar refractivity (Wildman–Crippen MR) is 66.6 cm³/mol. The molecule has 1 aliphatic carbocycles. The van der Waals surface area contributed by atoms with Crippen molar-refractivity contribution < 1.29 is 0 Å². The molecule has 14 heavy (non-hydrogen) atoms. The van der Waals surface area contributed by atoms with Crippen molar-refractivity contribution in [2.75, 3.05) is 0 Å². The second-order valence-corrected chi connectivity index (χ2v) is 5.83. The van der Waals surface area contributed by atoms with Crippen molar-refractivity contribution in [3.05, 3.63) is 0 Å². The van der Waals surface area contributed by atoms with Gasteiger partial charge in [0.1, 0.15) is 0 Å². The van der Waals surface area contributed by atoms with Gasteiger partial charge >= 0.3 is 0 Å². The van der Waals surface area contributed by atoms with Crippen molar-refractivity contribution in [2.24, 2.45) is 11.3 Å². The van der Waals surface area contributed by atoms with Gasteiger partial charge in [-0.3, -0.25) is 0 Å². The first-order valence-electron chi connectivity index (χ1n) is 6.49. The standard InChI is InChI=1S/C8H16.C6H14/c1-2-8-6-4-3-5-7-8;1-5-6(2,3)4/h8H,2-7H2,1H3;5H2,1-4H3. The fraction of sp³-hybridized carbons (Fsp3) is 1.00. The van der Waals surface area contributed by atoms with Gasteiger partial charge in [0.05, 0.1) is 0 Å². The van der Waals surface area contributed by atoms with Crippen LogP contribution in [0.25, 0.3) is 0 Å². The molecule has 0 spiro atoms. The normalized spacial score (nSPS) is 18.6. The molecule has 0 amide bonds. The van der Waals surface area contributed by atoms with E-state index in [1.54, 1.807) is 0 Å². The maximum absolute atomic E-state index is 2.32. The largest absolute Gasteiger partial charge is 0.0651 e. The lowest BCUT2D eigenvalue weighted by Crippen LogP contribution is -2.03. The molecule has 0 aromatic rings. The summed E-state index contributed by atoms with van der Waals surface area (Å²) in [6.07, 6.45) is 10.2. The lowest BCUT2D eigenvalue weighted by molar-refractivity contribution is 0.349. The molecule has 0 aliphatic heterocycles. The molecule has 0 saturated heterocycles. The molecule has 0 bridgehead atoms. The minimum atomic E-state index is 0.542. The van der Waals surface area contributed by atoms with Crippen molar-refractivity contribution >= 4 is 0 Å². The van der Waals surface area contributed by atoms with Crippen LogP contribution < -0.4 is 0 Å². The van der Waals surface area contributed by atoms with Crippen molar-refractivity contribution in [1.29, 1.82) is 0 Å². The third kappa shape index (κ3) is 8.59. The van der Waals surface area contributed by atoms with Crippen molar-refractivity contribution in [3.8, 4) is 0 Å². The SMILES string of the molecule is CCC(C)(C)C.CCC1CCCCC1. The summed E-state index contributed by atoms with van der Waals surface area (Å²) in [6, 6.07) is 0. The van der Waals surface area contributed by atoms with Crippen LogP contribution in [-0.2, 0) is 0 Å². The summed E-state index contributed by atoms with van der Waals surface area (Å²) in [6.45, 7) is 11.3. The number of hydrogen-bond acceptors (Lipinski definition) is 0. The minimum absolute atomic E-state index is 0.542. The van der Waals surface area contributed by atoms with E-state index in [2.05, 4.69) is 34.6 Å². The van der Waals surface area contributed by atoms with E-state index in [9.17, 15) is 0 Å². The van der Waals surface area contributed by atoms with Crippen LogP contribution in [0, 0.1) is 11.3 Å². The van der Waals surface area contributed by atoms with Crippen LogP contribution in [0.3, 0.4) is 0 Å². The summed E-state index contributed by atoms with van der Waals surface area (Å²) in [7, 11) is 0. The molecular weight excluding hydrogens is 168 g/mol. The van der Waals surface area contributed by atoms with Crippen LogP contribution in [0.2, 0.25) is 0 Å². The van der Waals surface area contributed by atoms with Gasteiger partial charge in [0.25, 0.3) is 0 Å². The van der Waals surface area contributed by atoms with E-state index >= 15 is 0 Å². The molecular formula is C14H30. The zero-order valence-corrected chi connectivity index (χ0v) is 11.0. The Morgan fingerprint density at radius 2 is 1.36 bits per heavy atom. The molecule has 0 aromatic heterocycles. The smallest absolute Gasteiger partial charge is 0.0385 e. The lowest BCUT2D eigenvalue weighted by atomic mass is 9.88. The highest BCUT2D eigenvalue weighted by atomic mass is 14.2. The number of rotatable bonds is 1. The van der Waals surface area contributed by atoms with Crippen LogP contribution in [0.15, 0.2) is 0 Å². The molecule has 0 radical (unpaired) electrons.